The molecule has 0 saturated carbocycles. The van der Waals surface area contributed by atoms with Crippen molar-refractivity contribution in [3.05, 3.63) is 59.9 Å². The molecule has 0 aliphatic carbocycles. The summed E-state index contributed by atoms with van der Waals surface area (Å²) in [5.74, 6) is 0. The molecule has 4 heteroatoms. The van der Waals surface area contributed by atoms with Gasteiger partial charge in [0.05, 0.1) is 6.04 Å². The fourth-order valence-electron chi connectivity index (χ4n) is 2.04. The highest BCUT2D eigenvalue weighted by Crippen LogP contribution is 2.16. The number of rotatable bonds is 4. The third kappa shape index (κ3) is 3.78. The van der Waals surface area contributed by atoms with Gasteiger partial charge in [-0.3, -0.25) is 4.98 Å². The maximum absolute atomic E-state index is 5.38. The molecule has 1 atom stereocenters. The second-order valence-corrected chi connectivity index (χ2v) is 5.02. The number of pyridine rings is 1. The molecule has 0 saturated heterocycles. The lowest BCUT2D eigenvalue weighted by molar-refractivity contribution is 0.721. The number of nitrogens with one attached hydrogen (secondary N) is 2. The maximum atomic E-state index is 5.38. The Morgan fingerprint density at radius 3 is 2.60 bits per heavy atom. The van der Waals surface area contributed by atoms with E-state index in [4.69, 9.17) is 12.2 Å². The Morgan fingerprint density at radius 1 is 1.20 bits per heavy atom. The molecule has 2 aromatic rings. The Bertz CT molecular complexity index is 569. The fourth-order valence-corrected chi connectivity index (χ4v) is 2.33. The highest BCUT2D eigenvalue weighted by Gasteiger charge is 2.07. The molecule has 3 nitrogen and oxygen atoms in total. The van der Waals surface area contributed by atoms with Crippen LogP contribution in [0.3, 0.4) is 0 Å². The van der Waals surface area contributed by atoms with E-state index in [9.17, 15) is 0 Å². The van der Waals surface area contributed by atoms with E-state index in [1.807, 2.05) is 30.3 Å². The predicted molar refractivity (Wildman–Crippen MR) is 87.8 cm³/mol. The summed E-state index contributed by atoms with van der Waals surface area (Å²) < 4.78 is 0. The summed E-state index contributed by atoms with van der Waals surface area (Å²) in [7, 11) is 0. The zero-order valence-electron chi connectivity index (χ0n) is 11.8. The first kappa shape index (κ1) is 14.5. The van der Waals surface area contributed by atoms with E-state index in [2.05, 4.69) is 35.5 Å². The normalized spacial score (nSPS) is 11.7. The van der Waals surface area contributed by atoms with Gasteiger partial charge in [0, 0.05) is 18.1 Å². The molecule has 0 amide bonds. The lowest BCUT2D eigenvalue weighted by atomic mass is 10.1. The van der Waals surface area contributed by atoms with Gasteiger partial charge in [0.2, 0.25) is 0 Å². The molecule has 1 heterocycles. The summed E-state index contributed by atoms with van der Waals surface area (Å²) >= 11 is 5.38. The first-order valence-electron chi connectivity index (χ1n) is 6.76. The van der Waals surface area contributed by atoms with Gasteiger partial charge in [-0.1, -0.05) is 25.1 Å². The van der Waals surface area contributed by atoms with E-state index in [1.165, 1.54) is 5.56 Å². The first-order chi connectivity index (χ1) is 9.70. The van der Waals surface area contributed by atoms with Crippen LogP contribution in [-0.2, 0) is 6.42 Å². The highest BCUT2D eigenvalue weighted by atomic mass is 32.1. The van der Waals surface area contributed by atoms with Crippen LogP contribution in [0.4, 0.5) is 5.69 Å². The lowest BCUT2D eigenvalue weighted by Crippen LogP contribution is -2.31. The van der Waals surface area contributed by atoms with Gasteiger partial charge in [0.25, 0.3) is 0 Å². The SMILES string of the molecule is CCc1ccccc1NC(=S)NC(C)c1ccncc1. The predicted octanol–water partition coefficient (Wildman–Crippen LogP) is 3.69. The van der Waals surface area contributed by atoms with Crippen molar-refractivity contribution in [2.45, 2.75) is 26.3 Å². The fraction of sp³-hybridized carbons (Fsp3) is 0.250. The number of hydrogen-bond acceptors (Lipinski definition) is 2. The van der Waals surface area contributed by atoms with Crippen molar-refractivity contribution in [3.8, 4) is 0 Å². The van der Waals surface area contributed by atoms with E-state index in [-0.39, 0.29) is 6.04 Å². The van der Waals surface area contributed by atoms with Gasteiger partial charge in [-0.15, -0.1) is 0 Å². The second-order valence-electron chi connectivity index (χ2n) is 4.61. The number of nitrogens with zero attached hydrogens (tertiary/aromatic N) is 1. The third-order valence-electron chi connectivity index (χ3n) is 3.20. The molecule has 0 spiro atoms. The van der Waals surface area contributed by atoms with Crippen LogP contribution >= 0.6 is 12.2 Å². The van der Waals surface area contributed by atoms with Gasteiger partial charge in [-0.2, -0.15) is 0 Å². The highest BCUT2D eigenvalue weighted by molar-refractivity contribution is 7.80. The Morgan fingerprint density at radius 2 is 1.90 bits per heavy atom. The average molecular weight is 285 g/mol. The quantitative estimate of drug-likeness (QED) is 0.840. The number of aromatic nitrogens is 1. The molecular weight excluding hydrogens is 266 g/mol. The Hall–Kier alpha value is -1.94. The zero-order chi connectivity index (χ0) is 14.4. The molecule has 20 heavy (non-hydrogen) atoms. The summed E-state index contributed by atoms with van der Waals surface area (Å²) in [5.41, 5.74) is 3.48. The number of anilines is 1. The van der Waals surface area contributed by atoms with Gasteiger partial charge < -0.3 is 10.6 Å². The van der Waals surface area contributed by atoms with Crippen LogP contribution in [0.5, 0.6) is 0 Å². The van der Waals surface area contributed by atoms with Gasteiger partial charge in [-0.25, -0.2) is 0 Å². The van der Waals surface area contributed by atoms with Crippen molar-refractivity contribution in [1.82, 2.24) is 10.3 Å². The van der Waals surface area contributed by atoms with Gasteiger partial charge in [0.15, 0.2) is 5.11 Å². The van der Waals surface area contributed by atoms with Crippen LogP contribution in [-0.4, -0.2) is 10.1 Å². The van der Waals surface area contributed by atoms with Gasteiger partial charge in [-0.05, 0) is 54.9 Å². The monoisotopic (exact) mass is 285 g/mol. The minimum absolute atomic E-state index is 0.145. The van der Waals surface area contributed by atoms with E-state index in [0.717, 1.165) is 17.7 Å². The van der Waals surface area contributed by atoms with E-state index in [0.29, 0.717) is 5.11 Å². The average Bonchev–Trinajstić information content (AvgIpc) is 2.48. The van der Waals surface area contributed by atoms with E-state index >= 15 is 0 Å². The lowest BCUT2D eigenvalue weighted by Gasteiger charge is -2.18. The molecule has 2 N–H and O–H groups in total. The van der Waals surface area contributed by atoms with Crippen LogP contribution in [0, 0.1) is 0 Å². The topological polar surface area (TPSA) is 37.0 Å². The third-order valence-corrected chi connectivity index (χ3v) is 3.42. The Labute approximate surface area is 125 Å². The molecule has 1 unspecified atom stereocenters. The molecule has 0 fully saturated rings. The van der Waals surface area contributed by atoms with Crippen molar-refractivity contribution >= 4 is 23.0 Å². The molecule has 1 aromatic heterocycles. The molecule has 2 rings (SSSR count). The number of hydrogen-bond donors (Lipinski definition) is 2. The van der Waals surface area contributed by atoms with Crippen LogP contribution in [0.15, 0.2) is 48.8 Å². The van der Waals surface area contributed by atoms with Crippen molar-refractivity contribution in [1.29, 1.82) is 0 Å². The number of benzene rings is 1. The Kier molecular flexibility index (Phi) is 5.07. The first-order valence-corrected chi connectivity index (χ1v) is 7.17. The van der Waals surface area contributed by atoms with Crippen molar-refractivity contribution in [3.63, 3.8) is 0 Å². The van der Waals surface area contributed by atoms with Gasteiger partial charge in [0.1, 0.15) is 0 Å². The van der Waals surface area contributed by atoms with Gasteiger partial charge >= 0.3 is 0 Å². The van der Waals surface area contributed by atoms with Crippen LogP contribution < -0.4 is 10.6 Å². The standard InChI is InChI=1S/C16H19N3S/c1-3-13-6-4-5-7-15(13)19-16(20)18-12(2)14-8-10-17-11-9-14/h4-12H,3H2,1-2H3,(H2,18,19,20). The molecule has 1 aromatic carbocycles. The number of para-hydroxylation sites is 1. The minimum Gasteiger partial charge on any atom is -0.356 e. The summed E-state index contributed by atoms with van der Waals surface area (Å²) in [5, 5.41) is 7.19. The number of aryl methyl sites for hydroxylation is 1. The van der Waals surface area contributed by atoms with Crippen molar-refractivity contribution < 1.29 is 0 Å². The smallest absolute Gasteiger partial charge is 0.171 e. The molecule has 0 aliphatic rings. The Balaban J connectivity index is 1.99. The summed E-state index contributed by atoms with van der Waals surface area (Å²) in [4.78, 5) is 4.02. The second kappa shape index (κ2) is 7.01. The van der Waals surface area contributed by atoms with Crippen LogP contribution in [0.2, 0.25) is 0 Å². The molecule has 0 aliphatic heterocycles. The molecular formula is C16H19N3S. The molecule has 0 radical (unpaired) electrons. The van der Waals surface area contributed by atoms with Crippen molar-refractivity contribution in [2.24, 2.45) is 0 Å². The molecule has 104 valence electrons. The number of thiocarbonyl (C=S) groups is 1. The minimum atomic E-state index is 0.145. The largest absolute Gasteiger partial charge is 0.356 e. The summed E-state index contributed by atoms with van der Waals surface area (Å²) in [6.07, 6.45) is 4.55. The molecule has 0 bridgehead atoms. The van der Waals surface area contributed by atoms with Crippen LogP contribution in [0.1, 0.15) is 31.0 Å². The maximum Gasteiger partial charge on any atom is 0.171 e. The van der Waals surface area contributed by atoms with E-state index < -0.39 is 0 Å². The summed E-state index contributed by atoms with van der Waals surface area (Å²) in [6, 6.07) is 12.3. The van der Waals surface area contributed by atoms with Crippen molar-refractivity contribution in [2.75, 3.05) is 5.32 Å². The summed E-state index contributed by atoms with van der Waals surface area (Å²) in [6.45, 7) is 4.21. The zero-order valence-corrected chi connectivity index (χ0v) is 12.6. The van der Waals surface area contributed by atoms with E-state index in [1.54, 1.807) is 12.4 Å². The van der Waals surface area contributed by atoms with Crippen LogP contribution in [0.25, 0.3) is 0 Å².